The van der Waals surface area contributed by atoms with Gasteiger partial charge in [-0.1, -0.05) is 72.8 Å². The lowest BCUT2D eigenvalue weighted by Gasteiger charge is -2.08. The minimum atomic E-state index is 0.838. The largest absolute Gasteiger partial charge is 0.256 e. The fourth-order valence-electron chi connectivity index (χ4n) is 3.49. The van der Waals surface area contributed by atoms with Gasteiger partial charge in [-0.15, -0.1) is 10.2 Å². The van der Waals surface area contributed by atoms with E-state index in [4.69, 9.17) is 5.11 Å². The molecule has 0 radical (unpaired) electrons. The van der Waals surface area contributed by atoms with Crippen molar-refractivity contribution >= 4 is 32.9 Å². The summed E-state index contributed by atoms with van der Waals surface area (Å²) >= 11 is 0. The fraction of sp³-hybridized carbons (Fsp3) is 0. The van der Waals surface area contributed by atoms with Gasteiger partial charge in [0.2, 0.25) is 0 Å². The first kappa shape index (κ1) is 16.3. The van der Waals surface area contributed by atoms with Crippen molar-refractivity contribution in [1.29, 1.82) is 0 Å². The third kappa shape index (κ3) is 2.93. The van der Waals surface area contributed by atoms with Crippen LogP contribution in [0.4, 0.5) is 11.4 Å². The van der Waals surface area contributed by atoms with Gasteiger partial charge in [-0.05, 0) is 35.0 Å². The van der Waals surface area contributed by atoms with Crippen molar-refractivity contribution in [2.45, 2.75) is 0 Å². The number of fused-ring (bicyclic) bond motifs is 2. The van der Waals surface area contributed by atoms with Crippen molar-refractivity contribution in [3.05, 3.63) is 103 Å². The smallest absolute Gasteiger partial charge is 0.103 e. The van der Waals surface area contributed by atoms with Gasteiger partial charge in [0.1, 0.15) is 5.69 Å². The van der Waals surface area contributed by atoms with Gasteiger partial charge < -0.3 is 0 Å². The van der Waals surface area contributed by atoms with E-state index < -0.39 is 0 Å². The van der Waals surface area contributed by atoms with Crippen LogP contribution < -0.4 is 0 Å². The van der Waals surface area contributed by atoms with E-state index in [1.54, 1.807) is 6.20 Å². The molecule has 1 aromatic heterocycles. The third-order valence-electron chi connectivity index (χ3n) is 4.87. The van der Waals surface area contributed by atoms with Crippen LogP contribution in [-0.2, 0) is 0 Å². The molecule has 28 heavy (non-hydrogen) atoms. The molecule has 4 aromatic carbocycles. The van der Waals surface area contributed by atoms with Gasteiger partial charge in [-0.25, -0.2) is 0 Å². The lowest BCUT2D eigenvalue weighted by molar-refractivity contribution is 1.24. The molecule has 0 aliphatic carbocycles. The van der Waals surface area contributed by atoms with E-state index in [0.717, 1.165) is 44.2 Å². The Morgan fingerprint density at radius 1 is 0.536 bits per heavy atom. The Balaban J connectivity index is 1.72. The average Bonchev–Trinajstić information content (AvgIpc) is 2.78. The molecule has 0 atom stereocenters. The second-order valence-corrected chi connectivity index (χ2v) is 6.60. The maximum Gasteiger partial charge on any atom is 0.103 e. The third-order valence-corrected chi connectivity index (χ3v) is 4.87. The summed E-state index contributed by atoms with van der Waals surface area (Å²) in [5, 5.41) is 13.8. The average molecular weight is 359 g/mol. The zero-order valence-electron chi connectivity index (χ0n) is 15.2. The Labute approximate surface area is 163 Å². The van der Waals surface area contributed by atoms with E-state index in [0.29, 0.717) is 0 Å². The summed E-state index contributed by atoms with van der Waals surface area (Å²) in [6, 6.07) is 32.7. The van der Waals surface area contributed by atoms with Crippen LogP contribution in [0.15, 0.2) is 113 Å². The van der Waals surface area contributed by atoms with Crippen molar-refractivity contribution in [3.63, 3.8) is 0 Å². The van der Waals surface area contributed by atoms with Crippen molar-refractivity contribution in [1.82, 2.24) is 4.98 Å². The normalized spacial score (nSPS) is 11.4. The number of aromatic nitrogens is 1. The second kappa shape index (κ2) is 7.05. The summed E-state index contributed by atoms with van der Waals surface area (Å²) in [6.45, 7) is 0. The van der Waals surface area contributed by atoms with Gasteiger partial charge in [-0.3, -0.25) is 4.98 Å². The maximum atomic E-state index is 4.72. The van der Waals surface area contributed by atoms with Crippen LogP contribution in [0, 0.1) is 0 Å². The van der Waals surface area contributed by atoms with E-state index in [9.17, 15) is 0 Å². The van der Waals surface area contributed by atoms with E-state index in [2.05, 4.69) is 52.6 Å². The highest BCUT2D eigenvalue weighted by molar-refractivity contribution is 5.99. The highest BCUT2D eigenvalue weighted by Crippen LogP contribution is 2.38. The Hall–Kier alpha value is -3.85. The first-order valence-corrected chi connectivity index (χ1v) is 9.23. The predicted molar refractivity (Wildman–Crippen MR) is 115 cm³/mol. The molecule has 1 heterocycles. The molecule has 0 fully saturated rings. The minimum absolute atomic E-state index is 0.838. The summed E-state index contributed by atoms with van der Waals surface area (Å²) in [5.41, 5.74) is 3.56. The molecule has 0 N–H and O–H groups in total. The first-order valence-electron chi connectivity index (χ1n) is 9.23. The van der Waals surface area contributed by atoms with Crippen molar-refractivity contribution in [2.75, 3.05) is 0 Å². The first-order chi connectivity index (χ1) is 13.9. The Kier molecular flexibility index (Phi) is 4.11. The number of rotatable bonds is 3. The zero-order valence-corrected chi connectivity index (χ0v) is 15.2. The van der Waals surface area contributed by atoms with Crippen LogP contribution in [0.3, 0.4) is 0 Å². The Morgan fingerprint density at radius 2 is 1.25 bits per heavy atom. The van der Waals surface area contributed by atoms with Gasteiger partial charge in [0.05, 0.1) is 11.4 Å². The fourth-order valence-corrected chi connectivity index (χ4v) is 3.49. The van der Waals surface area contributed by atoms with Crippen molar-refractivity contribution in [3.8, 4) is 11.3 Å². The summed E-state index contributed by atoms with van der Waals surface area (Å²) in [6.07, 6.45) is 1.80. The Morgan fingerprint density at radius 3 is 2.07 bits per heavy atom. The van der Waals surface area contributed by atoms with Crippen molar-refractivity contribution in [2.24, 2.45) is 10.2 Å². The minimum Gasteiger partial charge on any atom is -0.256 e. The van der Waals surface area contributed by atoms with Crippen molar-refractivity contribution < 1.29 is 0 Å². The molecule has 0 amide bonds. The number of hydrogen-bond donors (Lipinski definition) is 0. The number of nitrogens with zero attached hydrogens (tertiary/aromatic N) is 3. The molecular weight excluding hydrogens is 342 g/mol. The van der Waals surface area contributed by atoms with Gasteiger partial charge in [0.25, 0.3) is 0 Å². The van der Waals surface area contributed by atoms with E-state index in [-0.39, 0.29) is 0 Å². The molecular formula is C25H17N3. The molecule has 3 nitrogen and oxygen atoms in total. The number of azo groups is 1. The molecule has 132 valence electrons. The predicted octanol–water partition coefficient (Wildman–Crippen LogP) is 7.47. The van der Waals surface area contributed by atoms with Gasteiger partial charge in [0.15, 0.2) is 0 Å². The monoisotopic (exact) mass is 359 g/mol. The summed E-state index contributed by atoms with van der Waals surface area (Å²) < 4.78 is 0. The maximum absolute atomic E-state index is 4.72. The van der Waals surface area contributed by atoms with E-state index >= 15 is 0 Å². The van der Waals surface area contributed by atoms with Crippen LogP contribution in [0.2, 0.25) is 0 Å². The molecule has 0 unspecified atom stereocenters. The molecule has 5 rings (SSSR count). The SMILES string of the molecule is c1ccc(-c2ccc3ccccc3c2N=Nc2cccc3ccccc23)nc1. The molecule has 0 spiro atoms. The summed E-state index contributed by atoms with van der Waals surface area (Å²) in [4.78, 5) is 4.52. The molecule has 5 aromatic rings. The van der Waals surface area contributed by atoms with Gasteiger partial charge in [0, 0.05) is 22.5 Å². The van der Waals surface area contributed by atoms with E-state index in [1.807, 2.05) is 54.6 Å². The molecule has 0 saturated heterocycles. The molecule has 3 heteroatoms. The highest BCUT2D eigenvalue weighted by Gasteiger charge is 2.10. The van der Waals surface area contributed by atoms with Gasteiger partial charge >= 0.3 is 0 Å². The highest BCUT2D eigenvalue weighted by atomic mass is 15.1. The van der Waals surface area contributed by atoms with Crippen LogP contribution in [0.1, 0.15) is 0 Å². The topological polar surface area (TPSA) is 37.6 Å². The van der Waals surface area contributed by atoms with Crippen LogP contribution >= 0.6 is 0 Å². The molecule has 0 aliphatic rings. The Bertz CT molecular complexity index is 1300. The number of hydrogen-bond acceptors (Lipinski definition) is 3. The van der Waals surface area contributed by atoms with Gasteiger partial charge in [-0.2, -0.15) is 0 Å². The number of pyridine rings is 1. The number of benzene rings is 4. The van der Waals surface area contributed by atoms with Crippen LogP contribution in [-0.4, -0.2) is 4.98 Å². The molecule has 0 aliphatic heterocycles. The molecule has 0 saturated carbocycles. The quantitative estimate of drug-likeness (QED) is 0.308. The van der Waals surface area contributed by atoms with Crippen LogP contribution in [0.25, 0.3) is 32.8 Å². The van der Waals surface area contributed by atoms with Crippen LogP contribution in [0.5, 0.6) is 0 Å². The molecule has 0 bridgehead atoms. The second-order valence-electron chi connectivity index (χ2n) is 6.60. The summed E-state index contributed by atoms with van der Waals surface area (Å²) in [5.74, 6) is 0. The lowest BCUT2D eigenvalue weighted by Crippen LogP contribution is -1.84. The standard InChI is InChI=1S/C25H17N3/c1-3-11-20-18(8-1)10-7-14-24(20)27-28-25-21-12-4-2-9-19(21)15-16-22(25)23-13-5-6-17-26-23/h1-17H. The zero-order chi connectivity index (χ0) is 18.8. The lowest BCUT2D eigenvalue weighted by atomic mass is 10.0. The summed E-state index contributed by atoms with van der Waals surface area (Å²) in [7, 11) is 0. The van der Waals surface area contributed by atoms with E-state index in [1.165, 1.54) is 0 Å².